The van der Waals surface area contributed by atoms with E-state index < -0.39 is 0 Å². The highest BCUT2D eigenvalue weighted by Crippen LogP contribution is 2.27. The van der Waals surface area contributed by atoms with E-state index in [4.69, 9.17) is 16.0 Å². The van der Waals surface area contributed by atoms with Gasteiger partial charge in [-0.1, -0.05) is 35.5 Å². The molecule has 0 atom stereocenters. The van der Waals surface area contributed by atoms with Crippen molar-refractivity contribution in [2.45, 2.75) is 10.9 Å². The zero-order chi connectivity index (χ0) is 18.8. The SMILES string of the molecule is Cn1c(SCc2nnc(-c3ccc(Cl)cc3)o2)nnc1-c1ccccc1F. The lowest BCUT2D eigenvalue weighted by Crippen LogP contribution is -1.96. The largest absolute Gasteiger partial charge is 0.420 e. The van der Waals surface area contributed by atoms with Gasteiger partial charge in [0.2, 0.25) is 11.8 Å². The lowest BCUT2D eigenvalue weighted by Gasteiger charge is -2.03. The smallest absolute Gasteiger partial charge is 0.247 e. The Bertz CT molecular complexity index is 1080. The molecule has 2 aromatic heterocycles. The molecule has 0 aliphatic rings. The Labute approximate surface area is 163 Å². The normalized spacial score (nSPS) is 11.1. The number of thioether (sulfide) groups is 1. The molecular formula is C18H13ClFN5OS. The van der Waals surface area contributed by atoms with Crippen LogP contribution in [-0.4, -0.2) is 25.0 Å². The summed E-state index contributed by atoms with van der Waals surface area (Å²) < 4.78 is 21.4. The Morgan fingerprint density at radius 1 is 1.04 bits per heavy atom. The van der Waals surface area contributed by atoms with Crippen molar-refractivity contribution < 1.29 is 8.81 Å². The lowest BCUT2D eigenvalue weighted by atomic mass is 10.2. The van der Waals surface area contributed by atoms with Gasteiger partial charge in [-0.15, -0.1) is 20.4 Å². The maximum Gasteiger partial charge on any atom is 0.247 e. The first-order valence-electron chi connectivity index (χ1n) is 7.97. The number of benzene rings is 2. The Kier molecular flexibility index (Phi) is 4.91. The van der Waals surface area contributed by atoms with Crippen molar-refractivity contribution in [2.75, 3.05) is 0 Å². The van der Waals surface area contributed by atoms with Gasteiger partial charge in [0.1, 0.15) is 5.82 Å². The fraction of sp³-hybridized carbons (Fsp3) is 0.111. The molecule has 0 N–H and O–H groups in total. The Hall–Kier alpha value is -2.71. The molecule has 0 fully saturated rings. The summed E-state index contributed by atoms with van der Waals surface area (Å²) in [6.45, 7) is 0. The minimum Gasteiger partial charge on any atom is -0.420 e. The van der Waals surface area contributed by atoms with Gasteiger partial charge in [0.15, 0.2) is 11.0 Å². The van der Waals surface area contributed by atoms with Crippen molar-refractivity contribution >= 4 is 23.4 Å². The van der Waals surface area contributed by atoms with Crippen molar-refractivity contribution in [3.63, 3.8) is 0 Å². The predicted octanol–water partition coefficient (Wildman–Crippen LogP) is 4.62. The summed E-state index contributed by atoms with van der Waals surface area (Å²) in [5.74, 6) is 1.42. The van der Waals surface area contributed by atoms with Gasteiger partial charge in [-0.05, 0) is 36.4 Å². The van der Waals surface area contributed by atoms with E-state index in [9.17, 15) is 4.39 Å². The summed E-state index contributed by atoms with van der Waals surface area (Å²) in [7, 11) is 1.79. The average molecular weight is 402 g/mol. The molecule has 0 radical (unpaired) electrons. The van der Waals surface area contributed by atoms with Crippen LogP contribution < -0.4 is 0 Å². The fourth-order valence-corrected chi connectivity index (χ4v) is 3.34. The monoisotopic (exact) mass is 401 g/mol. The van der Waals surface area contributed by atoms with Crippen LogP contribution in [0.5, 0.6) is 0 Å². The van der Waals surface area contributed by atoms with Crippen molar-refractivity contribution in [1.82, 2.24) is 25.0 Å². The summed E-state index contributed by atoms with van der Waals surface area (Å²) in [6, 6.07) is 13.6. The van der Waals surface area contributed by atoms with Crippen molar-refractivity contribution in [2.24, 2.45) is 7.05 Å². The standard InChI is InChI=1S/C18H13ClFN5OS/c1-25-16(13-4-2-3-5-14(13)20)22-24-18(25)27-10-15-21-23-17(26-15)11-6-8-12(19)9-7-11/h2-9H,10H2,1H3. The topological polar surface area (TPSA) is 69.6 Å². The van der Waals surface area contributed by atoms with Gasteiger partial charge in [0, 0.05) is 17.6 Å². The summed E-state index contributed by atoms with van der Waals surface area (Å²) in [6.07, 6.45) is 0. The quantitative estimate of drug-likeness (QED) is 0.454. The summed E-state index contributed by atoms with van der Waals surface area (Å²) in [5.41, 5.74) is 1.20. The summed E-state index contributed by atoms with van der Waals surface area (Å²) >= 11 is 7.27. The van der Waals surface area contributed by atoms with E-state index in [1.54, 1.807) is 41.9 Å². The number of hydrogen-bond acceptors (Lipinski definition) is 6. The molecule has 0 saturated heterocycles. The van der Waals surface area contributed by atoms with Crippen LogP contribution in [0.25, 0.3) is 22.8 Å². The van der Waals surface area contributed by atoms with Crippen LogP contribution in [0.4, 0.5) is 4.39 Å². The van der Waals surface area contributed by atoms with E-state index in [0.29, 0.717) is 39.1 Å². The van der Waals surface area contributed by atoms with Crippen LogP contribution in [0, 0.1) is 5.82 Å². The molecule has 4 aromatic rings. The van der Waals surface area contributed by atoms with Gasteiger partial charge in [-0.3, -0.25) is 0 Å². The Morgan fingerprint density at radius 2 is 1.81 bits per heavy atom. The first kappa shape index (κ1) is 17.7. The van der Waals surface area contributed by atoms with E-state index in [0.717, 1.165) is 5.56 Å². The van der Waals surface area contributed by atoms with Gasteiger partial charge in [-0.2, -0.15) is 0 Å². The zero-order valence-electron chi connectivity index (χ0n) is 14.1. The number of halogens is 2. The van der Waals surface area contributed by atoms with E-state index in [-0.39, 0.29) is 5.82 Å². The predicted molar refractivity (Wildman–Crippen MR) is 101 cm³/mol. The van der Waals surface area contributed by atoms with Crippen molar-refractivity contribution in [3.8, 4) is 22.8 Å². The van der Waals surface area contributed by atoms with Crippen LogP contribution >= 0.6 is 23.4 Å². The van der Waals surface area contributed by atoms with Crippen LogP contribution in [0.3, 0.4) is 0 Å². The number of hydrogen-bond donors (Lipinski definition) is 0. The molecule has 0 aliphatic heterocycles. The highest BCUT2D eigenvalue weighted by molar-refractivity contribution is 7.98. The van der Waals surface area contributed by atoms with Crippen molar-refractivity contribution in [1.29, 1.82) is 0 Å². The molecule has 9 heteroatoms. The van der Waals surface area contributed by atoms with Crippen molar-refractivity contribution in [3.05, 3.63) is 65.3 Å². The van der Waals surface area contributed by atoms with E-state index in [2.05, 4.69) is 20.4 Å². The second-order valence-electron chi connectivity index (χ2n) is 5.64. The molecule has 0 bridgehead atoms. The molecule has 0 saturated carbocycles. The number of rotatable bonds is 5. The molecule has 2 heterocycles. The van der Waals surface area contributed by atoms with Gasteiger partial charge in [-0.25, -0.2) is 4.39 Å². The molecule has 2 aromatic carbocycles. The molecule has 27 heavy (non-hydrogen) atoms. The van der Waals surface area contributed by atoms with Crippen LogP contribution in [0.1, 0.15) is 5.89 Å². The van der Waals surface area contributed by atoms with Gasteiger partial charge < -0.3 is 8.98 Å². The molecule has 0 spiro atoms. The molecular weight excluding hydrogens is 389 g/mol. The van der Waals surface area contributed by atoms with Gasteiger partial charge >= 0.3 is 0 Å². The number of nitrogens with zero attached hydrogens (tertiary/aromatic N) is 5. The minimum atomic E-state index is -0.339. The summed E-state index contributed by atoms with van der Waals surface area (Å²) in [4.78, 5) is 0. The van der Waals surface area contributed by atoms with Gasteiger partial charge in [0.25, 0.3) is 0 Å². The maximum atomic E-state index is 14.0. The first-order chi connectivity index (χ1) is 13.1. The van der Waals surface area contributed by atoms with Gasteiger partial charge in [0.05, 0.1) is 11.3 Å². The van der Waals surface area contributed by atoms with Crippen LogP contribution in [0.15, 0.2) is 58.1 Å². The second-order valence-corrected chi connectivity index (χ2v) is 7.02. The van der Waals surface area contributed by atoms with Crippen LogP contribution in [0.2, 0.25) is 5.02 Å². The fourth-order valence-electron chi connectivity index (χ4n) is 2.47. The lowest BCUT2D eigenvalue weighted by molar-refractivity contribution is 0.528. The average Bonchev–Trinajstić information content (AvgIpc) is 3.28. The van der Waals surface area contributed by atoms with E-state index >= 15 is 0 Å². The summed E-state index contributed by atoms with van der Waals surface area (Å²) in [5, 5.41) is 17.6. The highest BCUT2D eigenvalue weighted by atomic mass is 35.5. The second kappa shape index (κ2) is 7.50. The first-order valence-corrected chi connectivity index (χ1v) is 9.33. The zero-order valence-corrected chi connectivity index (χ0v) is 15.7. The molecule has 0 unspecified atom stereocenters. The molecule has 6 nitrogen and oxygen atoms in total. The molecule has 0 amide bonds. The maximum absolute atomic E-state index is 14.0. The molecule has 0 aliphatic carbocycles. The highest BCUT2D eigenvalue weighted by Gasteiger charge is 2.16. The number of aromatic nitrogens is 5. The third-order valence-corrected chi connectivity index (χ3v) is 5.09. The molecule has 136 valence electrons. The Morgan fingerprint density at radius 3 is 2.59 bits per heavy atom. The van der Waals surface area contributed by atoms with Crippen LogP contribution in [-0.2, 0) is 12.8 Å². The minimum absolute atomic E-state index is 0.339. The van der Waals surface area contributed by atoms with E-state index in [1.165, 1.54) is 17.8 Å². The van der Waals surface area contributed by atoms with E-state index in [1.807, 2.05) is 12.1 Å². The third-order valence-electron chi connectivity index (χ3n) is 3.83. The Balaban J connectivity index is 1.49. The molecule has 4 rings (SSSR count). The third kappa shape index (κ3) is 3.72.